The van der Waals surface area contributed by atoms with Crippen LogP contribution in [0, 0.1) is 6.92 Å². The summed E-state index contributed by atoms with van der Waals surface area (Å²) in [5.74, 6) is -0.472. The van der Waals surface area contributed by atoms with Gasteiger partial charge in [0.05, 0.1) is 0 Å². The second-order valence-electron chi connectivity index (χ2n) is 3.63. The topological polar surface area (TPSA) is 62.2 Å². The first-order valence-electron chi connectivity index (χ1n) is 5.12. The number of aromatic nitrogens is 1. The maximum atomic E-state index is 11.7. The monoisotopic (exact) mass is 248 g/mol. The van der Waals surface area contributed by atoms with Gasteiger partial charge in [0.25, 0.3) is 5.91 Å². The molecule has 0 saturated heterocycles. The van der Waals surface area contributed by atoms with Gasteiger partial charge < -0.3 is 10.4 Å². The van der Waals surface area contributed by atoms with Crippen LogP contribution in [0.25, 0.3) is 0 Å². The molecule has 0 radical (unpaired) electrons. The maximum Gasteiger partial charge on any atom is 0.274 e. The smallest absolute Gasteiger partial charge is 0.274 e. The Balaban J connectivity index is 2.04. The van der Waals surface area contributed by atoms with E-state index in [9.17, 15) is 9.90 Å². The van der Waals surface area contributed by atoms with Crippen molar-refractivity contribution in [3.8, 4) is 5.75 Å². The molecule has 0 aromatic carbocycles. The van der Waals surface area contributed by atoms with Crippen molar-refractivity contribution in [1.82, 2.24) is 10.3 Å². The van der Waals surface area contributed by atoms with Crippen molar-refractivity contribution in [2.75, 3.05) is 0 Å². The summed E-state index contributed by atoms with van der Waals surface area (Å²) >= 11 is 1.60. The number of carbonyl (C=O) groups excluding carboxylic acids is 1. The molecule has 0 aliphatic heterocycles. The Hall–Kier alpha value is -1.88. The number of nitrogens with zero attached hydrogens (tertiary/aromatic N) is 1. The molecule has 0 atom stereocenters. The van der Waals surface area contributed by atoms with Gasteiger partial charge in [-0.15, -0.1) is 0 Å². The highest BCUT2D eigenvalue weighted by Crippen LogP contribution is 2.15. The van der Waals surface area contributed by atoms with Crippen molar-refractivity contribution in [2.45, 2.75) is 13.5 Å². The Morgan fingerprint density at radius 1 is 1.53 bits per heavy atom. The first-order valence-corrected chi connectivity index (χ1v) is 6.06. The lowest BCUT2D eigenvalue weighted by molar-refractivity contribution is 0.0943. The molecule has 2 N–H and O–H groups in total. The van der Waals surface area contributed by atoms with Crippen LogP contribution in [0.3, 0.4) is 0 Å². The number of aromatic hydroxyl groups is 1. The van der Waals surface area contributed by atoms with Crippen molar-refractivity contribution < 1.29 is 9.90 Å². The van der Waals surface area contributed by atoms with E-state index < -0.39 is 0 Å². The molecule has 0 aliphatic carbocycles. The molecule has 2 aromatic heterocycles. The van der Waals surface area contributed by atoms with Gasteiger partial charge in [0.2, 0.25) is 0 Å². The van der Waals surface area contributed by atoms with E-state index in [2.05, 4.69) is 10.3 Å². The fourth-order valence-electron chi connectivity index (χ4n) is 1.40. The number of carbonyl (C=O) groups is 1. The van der Waals surface area contributed by atoms with Crippen LogP contribution >= 0.6 is 11.3 Å². The van der Waals surface area contributed by atoms with E-state index in [-0.39, 0.29) is 17.4 Å². The van der Waals surface area contributed by atoms with Crippen LogP contribution in [0.4, 0.5) is 0 Å². The largest absolute Gasteiger partial charge is 0.505 e. The van der Waals surface area contributed by atoms with Gasteiger partial charge in [-0.25, -0.2) is 4.98 Å². The minimum absolute atomic E-state index is 0.0559. The fraction of sp³-hybridized carbons (Fsp3) is 0.167. The summed E-state index contributed by atoms with van der Waals surface area (Å²) in [4.78, 5) is 15.6. The summed E-state index contributed by atoms with van der Waals surface area (Å²) in [6.45, 7) is 2.44. The van der Waals surface area contributed by atoms with E-state index >= 15 is 0 Å². The lowest BCUT2D eigenvalue weighted by Gasteiger charge is -2.05. The molecule has 0 saturated carbocycles. The molecule has 0 bridgehead atoms. The minimum atomic E-state index is -0.367. The first kappa shape index (κ1) is 11.6. The van der Waals surface area contributed by atoms with Crippen molar-refractivity contribution in [3.63, 3.8) is 0 Å². The molecular formula is C12H12N2O2S. The number of hydrogen-bond donors (Lipinski definition) is 2. The predicted molar refractivity (Wildman–Crippen MR) is 66.1 cm³/mol. The molecule has 4 nitrogen and oxygen atoms in total. The highest BCUT2D eigenvalue weighted by Gasteiger charge is 2.11. The van der Waals surface area contributed by atoms with Crippen LogP contribution in [-0.4, -0.2) is 16.0 Å². The molecule has 0 fully saturated rings. The summed E-state index contributed by atoms with van der Waals surface area (Å²) in [5, 5.41) is 16.2. The zero-order valence-corrected chi connectivity index (χ0v) is 10.1. The number of rotatable bonds is 3. The second-order valence-corrected chi connectivity index (χ2v) is 4.38. The van der Waals surface area contributed by atoms with Gasteiger partial charge in [0.1, 0.15) is 5.75 Å². The number of pyridine rings is 1. The van der Waals surface area contributed by atoms with Crippen LogP contribution in [0.5, 0.6) is 5.75 Å². The molecule has 88 valence electrons. The number of aryl methyl sites for hydroxylation is 1. The number of thiophene rings is 1. The molecule has 17 heavy (non-hydrogen) atoms. The molecule has 0 unspecified atom stereocenters. The highest BCUT2D eigenvalue weighted by atomic mass is 32.1. The SMILES string of the molecule is Cc1cscc1CNC(=O)c1ncccc1O. The van der Waals surface area contributed by atoms with Gasteiger partial charge in [-0.2, -0.15) is 11.3 Å². The van der Waals surface area contributed by atoms with E-state index in [0.29, 0.717) is 6.54 Å². The Kier molecular flexibility index (Phi) is 3.39. The summed E-state index contributed by atoms with van der Waals surface area (Å²) in [5.41, 5.74) is 2.29. The molecule has 1 amide bonds. The highest BCUT2D eigenvalue weighted by molar-refractivity contribution is 7.08. The van der Waals surface area contributed by atoms with Gasteiger partial charge in [-0.3, -0.25) is 4.79 Å². The minimum Gasteiger partial charge on any atom is -0.505 e. The van der Waals surface area contributed by atoms with Gasteiger partial charge in [0, 0.05) is 12.7 Å². The Morgan fingerprint density at radius 2 is 2.35 bits per heavy atom. The van der Waals surface area contributed by atoms with Gasteiger partial charge in [-0.1, -0.05) is 0 Å². The predicted octanol–water partition coefficient (Wildman–Crippen LogP) is 2.09. The Bertz CT molecular complexity index is 537. The molecule has 0 aliphatic rings. The standard InChI is InChI=1S/C12H12N2O2S/c1-8-6-17-7-9(8)5-14-12(16)11-10(15)3-2-4-13-11/h2-4,6-7,15H,5H2,1H3,(H,14,16). The van der Waals surface area contributed by atoms with Gasteiger partial charge in [-0.05, 0) is 40.9 Å². The fourth-order valence-corrected chi connectivity index (χ4v) is 2.26. The van der Waals surface area contributed by atoms with E-state index in [1.54, 1.807) is 17.4 Å². The average molecular weight is 248 g/mol. The number of nitrogens with one attached hydrogen (secondary N) is 1. The lowest BCUT2D eigenvalue weighted by Crippen LogP contribution is -2.23. The Labute approximate surface area is 103 Å². The van der Waals surface area contributed by atoms with Crippen LogP contribution in [0.2, 0.25) is 0 Å². The summed E-state index contributed by atoms with van der Waals surface area (Å²) in [6.07, 6.45) is 1.48. The average Bonchev–Trinajstić information content (AvgIpc) is 2.72. The molecule has 5 heteroatoms. The van der Waals surface area contributed by atoms with E-state index in [4.69, 9.17) is 0 Å². The molecule has 2 heterocycles. The zero-order chi connectivity index (χ0) is 12.3. The van der Waals surface area contributed by atoms with E-state index in [1.165, 1.54) is 12.3 Å². The number of hydrogen-bond acceptors (Lipinski definition) is 4. The van der Waals surface area contributed by atoms with E-state index in [0.717, 1.165) is 11.1 Å². The van der Waals surface area contributed by atoms with Crippen molar-refractivity contribution in [3.05, 3.63) is 45.9 Å². The number of amides is 1. The van der Waals surface area contributed by atoms with Crippen LogP contribution in [0.1, 0.15) is 21.6 Å². The van der Waals surface area contributed by atoms with Crippen LogP contribution in [-0.2, 0) is 6.54 Å². The molecule has 2 aromatic rings. The third-order valence-electron chi connectivity index (χ3n) is 2.40. The first-order chi connectivity index (χ1) is 8.18. The third-order valence-corrected chi connectivity index (χ3v) is 3.31. The molecular weight excluding hydrogens is 236 g/mol. The van der Waals surface area contributed by atoms with Crippen molar-refractivity contribution in [2.24, 2.45) is 0 Å². The maximum absolute atomic E-state index is 11.7. The van der Waals surface area contributed by atoms with Crippen molar-refractivity contribution in [1.29, 1.82) is 0 Å². The Morgan fingerprint density at radius 3 is 3.00 bits per heavy atom. The second kappa shape index (κ2) is 4.97. The van der Waals surface area contributed by atoms with Crippen LogP contribution < -0.4 is 5.32 Å². The van der Waals surface area contributed by atoms with Gasteiger partial charge >= 0.3 is 0 Å². The van der Waals surface area contributed by atoms with Gasteiger partial charge in [0.15, 0.2) is 5.69 Å². The summed E-state index contributed by atoms with van der Waals surface area (Å²) < 4.78 is 0. The quantitative estimate of drug-likeness (QED) is 0.874. The normalized spacial score (nSPS) is 10.2. The van der Waals surface area contributed by atoms with Crippen LogP contribution in [0.15, 0.2) is 29.1 Å². The van der Waals surface area contributed by atoms with Crippen molar-refractivity contribution >= 4 is 17.2 Å². The summed E-state index contributed by atoms with van der Waals surface area (Å²) in [6, 6.07) is 3.02. The molecule has 0 spiro atoms. The molecule has 2 rings (SSSR count). The van der Waals surface area contributed by atoms with E-state index in [1.807, 2.05) is 17.7 Å². The third kappa shape index (κ3) is 2.62. The zero-order valence-electron chi connectivity index (χ0n) is 9.30. The summed E-state index contributed by atoms with van der Waals surface area (Å²) in [7, 11) is 0. The lowest BCUT2D eigenvalue weighted by atomic mass is 10.2.